The third kappa shape index (κ3) is 3.61. The molecule has 4 heteroatoms. The first-order valence-corrected chi connectivity index (χ1v) is 6.74. The number of halogens is 1. The molecule has 2 unspecified atom stereocenters. The maximum Gasteiger partial charge on any atom is 0.119 e. The third-order valence-corrected chi connectivity index (χ3v) is 3.86. The van der Waals surface area contributed by atoms with Gasteiger partial charge in [0.05, 0.1) is 6.61 Å². The minimum absolute atomic E-state index is 0.187. The molecule has 1 fully saturated rings. The van der Waals surface area contributed by atoms with Gasteiger partial charge in [-0.05, 0) is 50.2 Å². The maximum absolute atomic E-state index is 9.48. The minimum Gasteiger partial charge on any atom is -0.493 e. The molecule has 1 aliphatic rings. The molecule has 2 atom stereocenters. The van der Waals surface area contributed by atoms with E-state index >= 15 is 0 Å². The Morgan fingerprint density at radius 1 is 1.44 bits per heavy atom. The lowest BCUT2D eigenvalue weighted by atomic mass is 9.93. The van der Waals surface area contributed by atoms with Crippen LogP contribution in [0.25, 0.3) is 0 Å². The molecule has 0 saturated carbocycles. The van der Waals surface area contributed by atoms with Crippen molar-refractivity contribution in [1.29, 1.82) is 0 Å². The third-order valence-electron chi connectivity index (χ3n) is 3.61. The highest BCUT2D eigenvalue weighted by Gasteiger charge is 2.27. The van der Waals surface area contributed by atoms with Crippen LogP contribution in [0.3, 0.4) is 0 Å². The first-order valence-electron chi connectivity index (χ1n) is 6.37. The maximum atomic E-state index is 9.48. The number of aliphatic hydroxyl groups is 1. The summed E-state index contributed by atoms with van der Waals surface area (Å²) in [5, 5.41) is 10.2. The highest BCUT2D eigenvalue weighted by Crippen LogP contribution is 2.24. The molecule has 0 aromatic heterocycles. The summed E-state index contributed by atoms with van der Waals surface area (Å²) in [6.07, 6.45) is 1.14. The molecule has 100 valence electrons. The lowest BCUT2D eigenvalue weighted by Gasteiger charge is -2.21. The van der Waals surface area contributed by atoms with Crippen molar-refractivity contribution in [2.24, 2.45) is 11.8 Å². The lowest BCUT2D eigenvalue weighted by molar-refractivity contribution is 0.120. The van der Waals surface area contributed by atoms with E-state index in [1.807, 2.05) is 24.3 Å². The molecular formula is C14H20ClNO2. The van der Waals surface area contributed by atoms with Crippen molar-refractivity contribution >= 4 is 11.6 Å². The van der Waals surface area contributed by atoms with E-state index in [4.69, 9.17) is 16.3 Å². The Kier molecular flexibility index (Phi) is 4.87. The number of ether oxygens (including phenoxy) is 1. The second-order valence-corrected chi connectivity index (χ2v) is 5.46. The smallest absolute Gasteiger partial charge is 0.119 e. The average Bonchev–Trinajstić information content (AvgIpc) is 2.79. The number of benzene rings is 1. The first kappa shape index (κ1) is 13.7. The number of aliphatic hydroxyl groups excluding tert-OH is 1. The summed E-state index contributed by atoms with van der Waals surface area (Å²) in [7, 11) is 2.12. The van der Waals surface area contributed by atoms with E-state index < -0.39 is 0 Å². The molecule has 1 aromatic rings. The largest absolute Gasteiger partial charge is 0.493 e. The molecule has 3 nitrogen and oxygen atoms in total. The molecule has 0 bridgehead atoms. The normalized spacial score (nSPS) is 22.1. The minimum atomic E-state index is 0.187. The Hall–Kier alpha value is -0.770. The van der Waals surface area contributed by atoms with Crippen molar-refractivity contribution in [1.82, 2.24) is 4.90 Å². The van der Waals surface area contributed by atoms with E-state index in [0.717, 1.165) is 25.3 Å². The van der Waals surface area contributed by atoms with E-state index in [1.165, 1.54) is 0 Å². The van der Waals surface area contributed by atoms with Gasteiger partial charge in [-0.3, -0.25) is 0 Å². The Morgan fingerprint density at radius 3 is 2.72 bits per heavy atom. The molecule has 2 rings (SSSR count). The van der Waals surface area contributed by atoms with Crippen LogP contribution in [0.2, 0.25) is 5.02 Å². The standard InChI is InChI=1S/C14H20ClNO2/c1-16-7-6-11(8-16)12(9-17)10-18-14-4-2-13(15)3-5-14/h2-5,11-12,17H,6-10H2,1H3. The predicted octanol–water partition coefficient (Wildman–Crippen LogP) is 2.28. The highest BCUT2D eigenvalue weighted by molar-refractivity contribution is 6.30. The summed E-state index contributed by atoms with van der Waals surface area (Å²) < 4.78 is 5.72. The zero-order chi connectivity index (χ0) is 13.0. The molecule has 1 N–H and O–H groups in total. The first-order chi connectivity index (χ1) is 8.69. The van der Waals surface area contributed by atoms with Crippen LogP contribution < -0.4 is 4.74 Å². The molecule has 1 aliphatic heterocycles. The van der Waals surface area contributed by atoms with Crippen LogP contribution >= 0.6 is 11.6 Å². The second-order valence-electron chi connectivity index (χ2n) is 5.02. The van der Waals surface area contributed by atoms with E-state index in [9.17, 15) is 5.11 Å². The van der Waals surface area contributed by atoms with Crippen LogP contribution in [-0.4, -0.2) is 43.4 Å². The van der Waals surface area contributed by atoms with Crippen LogP contribution in [-0.2, 0) is 0 Å². The summed E-state index contributed by atoms with van der Waals surface area (Å²) >= 11 is 5.82. The number of hydrogen-bond donors (Lipinski definition) is 1. The fourth-order valence-electron chi connectivity index (χ4n) is 2.43. The molecule has 0 spiro atoms. The monoisotopic (exact) mass is 269 g/mol. The van der Waals surface area contributed by atoms with Crippen molar-refractivity contribution < 1.29 is 9.84 Å². The Morgan fingerprint density at radius 2 is 2.17 bits per heavy atom. The van der Waals surface area contributed by atoms with E-state index in [2.05, 4.69) is 11.9 Å². The number of likely N-dealkylation sites (tertiary alicyclic amines) is 1. The number of rotatable bonds is 5. The Bertz CT molecular complexity index is 369. The summed E-state index contributed by atoms with van der Waals surface area (Å²) in [5.41, 5.74) is 0. The van der Waals surface area contributed by atoms with Crippen LogP contribution in [0.15, 0.2) is 24.3 Å². The molecule has 0 amide bonds. The molecule has 1 aromatic carbocycles. The summed E-state index contributed by atoms with van der Waals surface area (Å²) in [4.78, 5) is 2.30. The van der Waals surface area contributed by atoms with Gasteiger partial charge in [0.1, 0.15) is 5.75 Å². The zero-order valence-electron chi connectivity index (χ0n) is 10.7. The Labute approximate surface area is 113 Å². The van der Waals surface area contributed by atoms with E-state index in [-0.39, 0.29) is 12.5 Å². The van der Waals surface area contributed by atoms with Gasteiger partial charge in [-0.2, -0.15) is 0 Å². The summed E-state index contributed by atoms with van der Waals surface area (Å²) in [5.74, 6) is 1.56. The van der Waals surface area contributed by atoms with Crippen LogP contribution in [0.5, 0.6) is 5.75 Å². The van der Waals surface area contributed by atoms with Gasteiger partial charge >= 0.3 is 0 Å². The predicted molar refractivity (Wildman–Crippen MR) is 73.1 cm³/mol. The highest BCUT2D eigenvalue weighted by atomic mass is 35.5. The van der Waals surface area contributed by atoms with E-state index in [1.54, 1.807) is 0 Å². The van der Waals surface area contributed by atoms with Crippen molar-refractivity contribution in [3.05, 3.63) is 29.3 Å². The molecular weight excluding hydrogens is 250 g/mol. The molecule has 1 saturated heterocycles. The fraction of sp³-hybridized carbons (Fsp3) is 0.571. The van der Waals surface area contributed by atoms with Crippen LogP contribution in [0.1, 0.15) is 6.42 Å². The topological polar surface area (TPSA) is 32.7 Å². The van der Waals surface area contributed by atoms with Gasteiger partial charge < -0.3 is 14.7 Å². The van der Waals surface area contributed by atoms with Crippen molar-refractivity contribution in [3.8, 4) is 5.75 Å². The second kappa shape index (κ2) is 6.41. The van der Waals surface area contributed by atoms with Gasteiger partial charge in [0.15, 0.2) is 0 Å². The van der Waals surface area contributed by atoms with E-state index in [0.29, 0.717) is 17.5 Å². The van der Waals surface area contributed by atoms with Gasteiger partial charge in [-0.15, -0.1) is 0 Å². The number of nitrogens with zero attached hydrogens (tertiary/aromatic N) is 1. The van der Waals surface area contributed by atoms with Gasteiger partial charge in [0, 0.05) is 24.1 Å². The van der Waals surface area contributed by atoms with Gasteiger partial charge in [0.2, 0.25) is 0 Å². The molecule has 0 radical (unpaired) electrons. The quantitative estimate of drug-likeness (QED) is 0.890. The molecule has 1 heterocycles. The SMILES string of the molecule is CN1CCC(C(CO)COc2ccc(Cl)cc2)C1. The Balaban J connectivity index is 1.85. The van der Waals surface area contributed by atoms with Crippen LogP contribution in [0.4, 0.5) is 0 Å². The van der Waals surface area contributed by atoms with Crippen molar-refractivity contribution in [2.75, 3.05) is 33.4 Å². The fourth-order valence-corrected chi connectivity index (χ4v) is 2.55. The number of hydrogen-bond acceptors (Lipinski definition) is 3. The van der Waals surface area contributed by atoms with Crippen LogP contribution in [0, 0.1) is 11.8 Å². The van der Waals surface area contributed by atoms with Gasteiger partial charge in [0.25, 0.3) is 0 Å². The van der Waals surface area contributed by atoms with Crippen molar-refractivity contribution in [2.45, 2.75) is 6.42 Å². The summed E-state index contributed by atoms with van der Waals surface area (Å²) in [6.45, 7) is 2.92. The van der Waals surface area contributed by atoms with Gasteiger partial charge in [-0.25, -0.2) is 0 Å². The average molecular weight is 270 g/mol. The van der Waals surface area contributed by atoms with Gasteiger partial charge in [-0.1, -0.05) is 11.6 Å². The molecule has 0 aliphatic carbocycles. The molecule has 18 heavy (non-hydrogen) atoms. The summed E-state index contributed by atoms with van der Waals surface area (Å²) in [6, 6.07) is 7.34. The lowest BCUT2D eigenvalue weighted by Crippen LogP contribution is -2.27. The van der Waals surface area contributed by atoms with Crippen molar-refractivity contribution in [3.63, 3.8) is 0 Å². The zero-order valence-corrected chi connectivity index (χ0v) is 11.4.